The maximum atomic E-state index is 14.7. The minimum absolute atomic E-state index is 0.0978. The molecule has 1 unspecified atom stereocenters. The van der Waals surface area contributed by atoms with Gasteiger partial charge in [0.2, 0.25) is 11.8 Å². The first-order chi connectivity index (χ1) is 24.0. The highest BCUT2D eigenvalue weighted by atomic mass is 35.5. The Labute approximate surface area is 303 Å². The molecule has 4 aromatic carbocycles. The highest BCUT2D eigenvalue weighted by Crippen LogP contribution is 2.33. The standard InChI is InChI=1S/C37H41Cl2N3O7S/c1-5-20-40-37(44)33(21-26-10-8-7-9-11-26)41(24-27-12-13-28(38)22-32(27)39)36(43)25-42(29-14-16-30(17-15-29)49-6-2)50(45,46)31-18-19-34(47-3)35(23-31)48-4/h7-19,22-23,33H,5-6,20-21,24-25H2,1-4H3,(H,40,44). The molecule has 0 heterocycles. The zero-order valence-corrected chi connectivity index (χ0v) is 30.7. The Morgan fingerprint density at radius 3 is 2.18 bits per heavy atom. The van der Waals surface area contributed by atoms with Crippen molar-refractivity contribution in [2.24, 2.45) is 0 Å². The molecule has 0 aliphatic carbocycles. The van der Waals surface area contributed by atoms with E-state index in [4.69, 9.17) is 37.4 Å². The van der Waals surface area contributed by atoms with E-state index >= 15 is 0 Å². The minimum atomic E-state index is -4.41. The fourth-order valence-electron chi connectivity index (χ4n) is 5.26. The van der Waals surface area contributed by atoms with Gasteiger partial charge in [0.1, 0.15) is 18.3 Å². The van der Waals surface area contributed by atoms with Gasteiger partial charge in [-0.1, -0.05) is 66.5 Å². The van der Waals surface area contributed by atoms with Crippen LogP contribution in [0, 0.1) is 0 Å². The number of carbonyl (C=O) groups excluding carboxylic acids is 2. The lowest BCUT2D eigenvalue weighted by molar-refractivity contribution is -0.140. The van der Waals surface area contributed by atoms with E-state index in [0.29, 0.717) is 46.7 Å². The van der Waals surface area contributed by atoms with Gasteiger partial charge in [-0.15, -0.1) is 0 Å². The van der Waals surface area contributed by atoms with Crippen molar-refractivity contribution in [2.75, 3.05) is 38.2 Å². The van der Waals surface area contributed by atoms with Crippen molar-refractivity contribution >= 4 is 50.7 Å². The average Bonchev–Trinajstić information content (AvgIpc) is 3.12. The second-order valence-electron chi connectivity index (χ2n) is 11.2. The molecule has 0 radical (unpaired) electrons. The molecule has 0 bridgehead atoms. The lowest BCUT2D eigenvalue weighted by Crippen LogP contribution is -2.53. The topological polar surface area (TPSA) is 114 Å². The van der Waals surface area contributed by atoms with Crippen LogP contribution in [0.1, 0.15) is 31.4 Å². The third-order valence-electron chi connectivity index (χ3n) is 7.83. The molecule has 1 atom stereocenters. The van der Waals surface area contributed by atoms with E-state index < -0.39 is 28.5 Å². The third kappa shape index (κ3) is 9.62. The van der Waals surface area contributed by atoms with Gasteiger partial charge in [0.05, 0.1) is 31.4 Å². The van der Waals surface area contributed by atoms with E-state index in [9.17, 15) is 18.0 Å². The Morgan fingerprint density at radius 2 is 1.56 bits per heavy atom. The first kappa shape index (κ1) is 38.4. The molecule has 0 spiro atoms. The van der Waals surface area contributed by atoms with Crippen molar-refractivity contribution < 1.29 is 32.2 Å². The second-order valence-corrected chi connectivity index (χ2v) is 13.9. The number of amides is 2. The molecule has 4 aromatic rings. The molecule has 0 saturated carbocycles. The number of nitrogens with zero attached hydrogens (tertiary/aromatic N) is 2. The predicted molar refractivity (Wildman–Crippen MR) is 196 cm³/mol. The molecule has 10 nitrogen and oxygen atoms in total. The van der Waals surface area contributed by atoms with Crippen LogP contribution in [-0.2, 0) is 32.6 Å². The van der Waals surface area contributed by atoms with E-state index in [1.54, 1.807) is 42.5 Å². The van der Waals surface area contributed by atoms with Gasteiger partial charge in [-0.3, -0.25) is 13.9 Å². The second kappa shape index (κ2) is 18.0. The highest BCUT2D eigenvalue weighted by molar-refractivity contribution is 7.92. The zero-order valence-electron chi connectivity index (χ0n) is 28.4. The number of hydrogen-bond donors (Lipinski definition) is 1. The number of rotatable bonds is 17. The zero-order chi connectivity index (χ0) is 36.3. The number of carbonyl (C=O) groups is 2. The maximum Gasteiger partial charge on any atom is 0.264 e. The van der Waals surface area contributed by atoms with Gasteiger partial charge in [0, 0.05) is 35.6 Å². The molecule has 0 saturated heterocycles. The van der Waals surface area contributed by atoms with E-state index in [-0.39, 0.29) is 35.2 Å². The van der Waals surface area contributed by atoms with Crippen LogP contribution in [0.25, 0.3) is 0 Å². The summed E-state index contributed by atoms with van der Waals surface area (Å²) in [5.74, 6) is 0.0377. The summed E-state index contributed by atoms with van der Waals surface area (Å²) in [5.41, 5.74) is 1.54. The Hall–Kier alpha value is -4.45. The van der Waals surface area contributed by atoms with Crippen LogP contribution in [0.2, 0.25) is 10.0 Å². The summed E-state index contributed by atoms with van der Waals surface area (Å²) in [6.07, 6.45) is 0.842. The van der Waals surface area contributed by atoms with Crippen molar-refractivity contribution in [2.45, 2.75) is 44.2 Å². The van der Waals surface area contributed by atoms with E-state index in [1.165, 1.54) is 37.3 Å². The molecular weight excluding hydrogens is 701 g/mol. The summed E-state index contributed by atoms with van der Waals surface area (Å²) >= 11 is 12.8. The van der Waals surface area contributed by atoms with Gasteiger partial charge in [0.25, 0.3) is 10.0 Å². The smallest absolute Gasteiger partial charge is 0.264 e. The highest BCUT2D eigenvalue weighted by Gasteiger charge is 2.35. The summed E-state index contributed by atoms with van der Waals surface area (Å²) in [6.45, 7) is 3.82. The van der Waals surface area contributed by atoms with Crippen molar-refractivity contribution in [3.8, 4) is 17.2 Å². The van der Waals surface area contributed by atoms with Crippen molar-refractivity contribution in [3.63, 3.8) is 0 Å². The minimum Gasteiger partial charge on any atom is -0.494 e. The molecule has 266 valence electrons. The number of halogens is 2. The monoisotopic (exact) mass is 741 g/mol. The van der Waals surface area contributed by atoms with Crippen molar-refractivity contribution in [1.82, 2.24) is 10.2 Å². The molecule has 0 aliphatic rings. The quantitative estimate of drug-likeness (QED) is 0.127. The number of anilines is 1. The fourth-order valence-corrected chi connectivity index (χ4v) is 7.16. The molecule has 0 fully saturated rings. The Morgan fingerprint density at radius 1 is 0.860 bits per heavy atom. The molecule has 0 aromatic heterocycles. The van der Waals surface area contributed by atoms with E-state index in [1.807, 2.05) is 44.2 Å². The molecule has 4 rings (SSSR count). The summed E-state index contributed by atoms with van der Waals surface area (Å²) in [5, 5.41) is 3.62. The molecule has 50 heavy (non-hydrogen) atoms. The SMILES string of the molecule is CCCNC(=O)C(Cc1ccccc1)N(Cc1ccc(Cl)cc1Cl)C(=O)CN(c1ccc(OCC)cc1)S(=O)(=O)c1ccc(OC)c(OC)c1. The van der Waals surface area contributed by atoms with E-state index in [2.05, 4.69) is 5.32 Å². The fraction of sp³-hybridized carbons (Fsp3) is 0.297. The van der Waals surface area contributed by atoms with Gasteiger partial charge < -0.3 is 24.4 Å². The summed E-state index contributed by atoms with van der Waals surface area (Å²) in [7, 11) is -1.56. The molecule has 2 amide bonds. The molecular formula is C37H41Cl2N3O7S. The van der Waals surface area contributed by atoms with Crippen molar-refractivity contribution in [1.29, 1.82) is 0 Å². The molecule has 0 aliphatic heterocycles. The van der Waals surface area contributed by atoms with Gasteiger partial charge >= 0.3 is 0 Å². The Balaban J connectivity index is 1.84. The molecule has 1 N–H and O–H groups in total. The van der Waals surface area contributed by atoms with Crippen LogP contribution in [0.5, 0.6) is 17.2 Å². The number of sulfonamides is 1. The number of nitrogens with one attached hydrogen (secondary N) is 1. The maximum absolute atomic E-state index is 14.7. The normalized spacial score (nSPS) is 11.7. The van der Waals surface area contributed by atoms with Crippen molar-refractivity contribution in [3.05, 3.63) is 112 Å². The van der Waals surface area contributed by atoms with Gasteiger partial charge in [-0.25, -0.2) is 8.42 Å². The molecule has 13 heteroatoms. The van der Waals surface area contributed by atoms with Crippen LogP contribution >= 0.6 is 23.2 Å². The number of hydrogen-bond acceptors (Lipinski definition) is 7. The number of benzene rings is 4. The van der Waals surface area contributed by atoms with Gasteiger partial charge in [0.15, 0.2) is 11.5 Å². The van der Waals surface area contributed by atoms with Crippen LogP contribution < -0.4 is 23.8 Å². The van der Waals surface area contributed by atoms with Crippen LogP contribution in [0.4, 0.5) is 5.69 Å². The van der Waals surface area contributed by atoms with Crippen LogP contribution in [0.3, 0.4) is 0 Å². The number of ether oxygens (including phenoxy) is 3. The summed E-state index contributed by atoms with van der Waals surface area (Å²) in [6, 6.07) is 23.7. The van der Waals surface area contributed by atoms with Gasteiger partial charge in [-0.2, -0.15) is 0 Å². The van der Waals surface area contributed by atoms with Gasteiger partial charge in [-0.05, 0) is 73.0 Å². The van der Waals surface area contributed by atoms with Crippen LogP contribution in [-0.4, -0.2) is 65.1 Å². The third-order valence-corrected chi connectivity index (χ3v) is 10.2. The number of methoxy groups -OCH3 is 2. The largest absolute Gasteiger partial charge is 0.494 e. The first-order valence-corrected chi connectivity index (χ1v) is 18.2. The van der Waals surface area contributed by atoms with E-state index in [0.717, 1.165) is 9.87 Å². The Kier molecular flexibility index (Phi) is 13.8. The first-order valence-electron chi connectivity index (χ1n) is 16.0. The predicted octanol–water partition coefficient (Wildman–Crippen LogP) is 6.77. The van der Waals surface area contributed by atoms with Crippen LogP contribution in [0.15, 0.2) is 95.9 Å². The lowest BCUT2D eigenvalue weighted by atomic mass is 10.0. The average molecular weight is 743 g/mol. The summed E-state index contributed by atoms with van der Waals surface area (Å²) in [4.78, 5) is 29.8. The Bertz CT molecular complexity index is 1860. The lowest BCUT2D eigenvalue weighted by Gasteiger charge is -2.34. The summed E-state index contributed by atoms with van der Waals surface area (Å²) < 4.78 is 46.2.